The zero-order valence-corrected chi connectivity index (χ0v) is 8.92. The molecule has 0 saturated carbocycles. The molecule has 0 aromatic heterocycles. The summed E-state index contributed by atoms with van der Waals surface area (Å²) < 4.78 is 5.39. The van der Waals surface area contributed by atoms with Crippen LogP contribution in [-0.4, -0.2) is 50.8 Å². The predicted molar refractivity (Wildman–Crippen MR) is 56.6 cm³/mol. The standard InChI is InChI=1S/C10H19N3O2/c14-10(9-7-12-4-5-15-9)13-8-2-1-3-11-6-8/h8-9,11-12H,1-7H2,(H,13,14)/t8?,9-/m1/s1. The lowest BCUT2D eigenvalue weighted by Crippen LogP contribution is -2.53. The molecule has 0 aromatic carbocycles. The Balaban J connectivity index is 1.74. The minimum Gasteiger partial charge on any atom is -0.366 e. The highest BCUT2D eigenvalue weighted by molar-refractivity contribution is 5.81. The van der Waals surface area contributed by atoms with Crippen LogP contribution in [0, 0.1) is 0 Å². The van der Waals surface area contributed by atoms with Gasteiger partial charge in [0.15, 0.2) is 0 Å². The maximum Gasteiger partial charge on any atom is 0.250 e. The number of morpholine rings is 1. The largest absolute Gasteiger partial charge is 0.366 e. The lowest BCUT2D eigenvalue weighted by atomic mass is 10.1. The molecule has 0 bridgehead atoms. The molecule has 0 radical (unpaired) electrons. The Bertz CT molecular complexity index is 211. The molecular weight excluding hydrogens is 194 g/mol. The minimum atomic E-state index is -0.305. The molecule has 3 N–H and O–H groups in total. The summed E-state index contributed by atoms with van der Waals surface area (Å²) in [5.74, 6) is 0.0240. The zero-order chi connectivity index (χ0) is 10.5. The van der Waals surface area contributed by atoms with E-state index in [1.807, 2.05) is 0 Å². The summed E-state index contributed by atoms with van der Waals surface area (Å²) in [6.45, 7) is 4.04. The fraction of sp³-hybridized carbons (Fsp3) is 0.900. The molecule has 1 amide bonds. The van der Waals surface area contributed by atoms with E-state index in [0.29, 0.717) is 13.2 Å². The average Bonchev–Trinajstić information content (AvgIpc) is 2.31. The summed E-state index contributed by atoms with van der Waals surface area (Å²) in [4.78, 5) is 11.8. The van der Waals surface area contributed by atoms with Crippen molar-refractivity contribution in [2.24, 2.45) is 0 Å². The molecule has 0 aliphatic carbocycles. The van der Waals surface area contributed by atoms with Gasteiger partial charge in [-0.1, -0.05) is 0 Å². The number of amides is 1. The molecule has 2 atom stereocenters. The molecule has 2 heterocycles. The Hall–Kier alpha value is -0.650. The van der Waals surface area contributed by atoms with Crippen molar-refractivity contribution < 1.29 is 9.53 Å². The van der Waals surface area contributed by atoms with Gasteiger partial charge in [0.2, 0.25) is 0 Å². The summed E-state index contributed by atoms with van der Waals surface area (Å²) in [6, 6.07) is 0.275. The highest BCUT2D eigenvalue weighted by Crippen LogP contribution is 2.03. The molecule has 5 nitrogen and oxygen atoms in total. The van der Waals surface area contributed by atoms with Gasteiger partial charge < -0.3 is 20.7 Å². The molecule has 5 heteroatoms. The summed E-state index contributed by atoms with van der Waals surface area (Å²) in [7, 11) is 0. The van der Waals surface area contributed by atoms with Crippen LogP contribution >= 0.6 is 0 Å². The van der Waals surface area contributed by atoms with Gasteiger partial charge in [0.1, 0.15) is 6.10 Å². The van der Waals surface area contributed by atoms with Gasteiger partial charge in [-0.25, -0.2) is 0 Å². The van der Waals surface area contributed by atoms with Gasteiger partial charge in [0, 0.05) is 25.7 Å². The van der Waals surface area contributed by atoms with Crippen LogP contribution in [0.25, 0.3) is 0 Å². The van der Waals surface area contributed by atoms with E-state index < -0.39 is 0 Å². The van der Waals surface area contributed by atoms with E-state index in [2.05, 4.69) is 16.0 Å². The van der Waals surface area contributed by atoms with Crippen molar-refractivity contribution in [3.8, 4) is 0 Å². The molecule has 2 aliphatic heterocycles. The summed E-state index contributed by atoms with van der Waals surface area (Å²) in [5.41, 5.74) is 0. The van der Waals surface area contributed by atoms with Crippen LogP contribution in [0.15, 0.2) is 0 Å². The van der Waals surface area contributed by atoms with Crippen molar-refractivity contribution >= 4 is 5.91 Å². The maximum atomic E-state index is 11.8. The first-order valence-electron chi connectivity index (χ1n) is 5.69. The van der Waals surface area contributed by atoms with Crippen molar-refractivity contribution in [2.75, 3.05) is 32.8 Å². The van der Waals surface area contributed by atoms with E-state index >= 15 is 0 Å². The Morgan fingerprint density at radius 2 is 2.13 bits per heavy atom. The third-order valence-corrected chi connectivity index (χ3v) is 2.86. The lowest BCUT2D eigenvalue weighted by Gasteiger charge is -2.28. The second-order valence-electron chi connectivity index (χ2n) is 4.12. The van der Waals surface area contributed by atoms with Crippen LogP contribution in [-0.2, 0) is 9.53 Å². The van der Waals surface area contributed by atoms with E-state index in [1.165, 1.54) is 0 Å². The molecule has 2 rings (SSSR count). The highest BCUT2D eigenvalue weighted by Gasteiger charge is 2.24. The van der Waals surface area contributed by atoms with Crippen molar-refractivity contribution in [3.63, 3.8) is 0 Å². The number of hydrogen-bond donors (Lipinski definition) is 3. The van der Waals surface area contributed by atoms with Gasteiger partial charge >= 0.3 is 0 Å². The third-order valence-electron chi connectivity index (χ3n) is 2.86. The second kappa shape index (κ2) is 5.44. The number of nitrogens with one attached hydrogen (secondary N) is 3. The summed E-state index contributed by atoms with van der Waals surface area (Å²) in [6.07, 6.45) is 1.90. The van der Waals surface area contributed by atoms with E-state index in [4.69, 9.17) is 4.74 Å². The Morgan fingerprint density at radius 3 is 2.80 bits per heavy atom. The highest BCUT2D eigenvalue weighted by atomic mass is 16.5. The summed E-state index contributed by atoms with van der Waals surface area (Å²) in [5, 5.41) is 9.45. The van der Waals surface area contributed by atoms with Crippen molar-refractivity contribution in [1.82, 2.24) is 16.0 Å². The molecular formula is C10H19N3O2. The Kier molecular flexibility index (Phi) is 3.94. The predicted octanol–water partition coefficient (Wildman–Crippen LogP) is -1.16. The van der Waals surface area contributed by atoms with E-state index in [-0.39, 0.29) is 18.1 Å². The van der Waals surface area contributed by atoms with Crippen LogP contribution in [0.4, 0.5) is 0 Å². The molecule has 2 saturated heterocycles. The first-order chi connectivity index (χ1) is 7.36. The maximum absolute atomic E-state index is 11.8. The van der Waals surface area contributed by atoms with E-state index in [0.717, 1.165) is 32.5 Å². The lowest BCUT2D eigenvalue weighted by molar-refractivity contribution is -0.135. The van der Waals surface area contributed by atoms with Crippen molar-refractivity contribution in [3.05, 3.63) is 0 Å². The average molecular weight is 213 g/mol. The third kappa shape index (κ3) is 3.15. The minimum absolute atomic E-state index is 0.0240. The number of piperidine rings is 1. The SMILES string of the molecule is O=C(NC1CCCNC1)[C@H]1CNCCO1. The van der Waals surface area contributed by atoms with Crippen LogP contribution < -0.4 is 16.0 Å². The van der Waals surface area contributed by atoms with Crippen LogP contribution in [0.3, 0.4) is 0 Å². The van der Waals surface area contributed by atoms with Crippen molar-refractivity contribution in [1.29, 1.82) is 0 Å². The van der Waals surface area contributed by atoms with Gasteiger partial charge in [-0.15, -0.1) is 0 Å². The van der Waals surface area contributed by atoms with E-state index in [1.54, 1.807) is 0 Å². The first kappa shape index (κ1) is 10.9. The second-order valence-corrected chi connectivity index (χ2v) is 4.12. The van der Waals surface area contributed by atoms with Crippen molar-refractivity contribution in [2.45, 2.75) is 25.0 Å². The molecule has 2 aliphatic rings. The monoisotopic (exact) mass is 213 g/mol. The Morgan fingerprint density at radius 1 is 1.27 bits per heavy atom. The van der Waals surface area contributed by atoms with Gasteiger partial charge in [0.05, 0.1) is 6.61 Å². The number of carbonyl (C=O) groups excluding carboxylic acids is 1. The molecule has 0 spiro atoms. The van der Waals surface area contributed by atoms with Gasteiger partial charge in [-0.3, -0.25) is 4.79 Å². The zero-order valence-electron chi connectivity index (χ0n) is 8.92. The van der Waals surface area contributed by atoms with Gasteiger partial charge in [-0.2, -0.15) is 0 Å². The molecule has 1 unspecified atom stereocenters. The number of ether oxygens (including phenoxy) is 1. The van der Waals surface area contributed by atoms with E-state index in [9.17, 15) is 4.79 Å². The first-order valence-corrected chi connectivity index (χ1v) is 5.69. The summed E-state index contributed by atoms with van der Waals surface area (Å²) >= 11 is 0. The normalized spacial score (nSPS) is 32.3. The van der Waals surface area contributed by atoms with Crippen LogP contribution in [0.5, 0.6) is 0 Å². The topological polar surface area (TPSA) is 62.4 Å². The van der Waals surface area contributed by atoms with Crippen LogP contribution in [0.2, 0.25) is 0 Å². The fourth-order valence-electron chi connectivity index (χ4n) is 2.00. The van der Waals surface area contributed by atoms with Gasteiger partial charge in [0.25, 0.3) is 5.91 Å². The number of hydrogen-bond acceptors (Lipinski definition) is 4. The fourth-order valence-corrected chi connectivity index (χ4v) is 2.00. The van der Waals surface area contributed by atoms with Crippen LogP contribution in [0.1, 0.15) is 12.8 Å². The molecule has 0 aromatic rings. The smallest absolute Gasteiger partial charge is 0.250 e. The molecule has 86 valence electrons. The van der Waals surface area contributed by atoms with Gasteiger partial charge in [-0.05, 0) is 19.4 Å². The molecule has 2 fully saturated rings. The Labute approximate surface area is 89.9 Å². The number of carbonyl (C=O) groups is 1. The molecule has 15 heavy (non-hydrogen) atoms. The number of rotatable bonds is 2. The quantitative estimate of drug-likeness (QED) is 0.541.